The maximum absolute atomic E-state index is 13.9. The van der Waals surface area contributed by atoms with Crippen molar-refractivity contribution in [2.45, 2.75) is 18.5 Å². The average Bonchev–Trinajstić information content (AvgIpc) is 2.67. The minimum atomic E-state index is -5.17. The van der Waals surface area contributed by atoms with Crippen molar-refractivity contribution in [1.29, 1.82) is 0 Å². The van der Waals surface area contributed by atoms with Crippen LogP contribution in [-0.2, 0) is 18.5 Å². The summed E-state index contributed by atoms with van der Waals surface area (Å²) in [6, 6.07) is 3.98. The van der Waals surface area contributed by atoms with Crippen LogP contribution in [0.4, 0.5) is 39.5 Å². The average molecular weight is 607 g/mol. The number of benzene rings is 3. The van der Waals surface area contributed by atoms with E-state index in [9.17, 15) is 39.5 Å². The summed E-state index contributed by atoms with van der Waals surface area (Å²) in [7, 11) is 0. The van der Waals surface area contributed by atoms with Gasteiger partial charge in [0.15, 0.2) is 0 Å². The van der Waals surface area contributed by atoms with Crippen molar-refractivity contribution in [2.75, 3.05) is 0 Å². The van der Waals surface area contributed by atoms with Crippen molar-refractivity contribution in [2.24, 2.45) is 0 Å². The highest BCUT2D eigenvalue weighted by Crippen LogP contribution is 2.54. The van der Waals surface area contributed by atoms with Crippen LogP contribution in [0.1, 0.15) is 16.7 Å². The van der Waals surface area contributed by atoms with E-state index in [1.165, 1.54) is 0 Å². The van der Waals surface area contributed by atoms with E-state index in [0.29, 0.717) is 12.1 Å². The molecule has 3 rings (SSSR count). The third-order valence-electron chi connectivity index (χ3n) is 4.72. The first-order valence-corrected chi connectivity index (χ1v) is 10.8. The van der Waals surface area contributed by atoms with Gasteiger partial charge in [-0.1, -0.05) is 70.1 Å². The number of halogens is 14. The SMILES string of the molecule is FC(F)(F)c1ccc(-c2c(Cl)c(-c3cc(Cl)c(C(F)(F)F)c(Cl)c3)c(Cl)c(Cl)c2C(F)(F)F)cc1. The molecule has 0 saturated carbocycles. The molecule has 0 radical (unpaired) electrons. The molecule has 3 aromatic carbocycles. The van der Waals surface area contributed by atoms with Crippen LogP contribution in [0.5, 0.6) is 0 Å². The molecule has 35 heavy (non-hydrogen) atoms. The van der Waals surface area contributed by atoms with Gasteiger partial charge < -0.3 is 0 Å². The predicted molar refractivity (Wildman–Crippen MR) is 117 cm³/mol. The standard InChI is InChI=1S/C21H6Cl5F9/c22-10-5-8(6-11(23)14(10)20(30,31)32)13-16(24)12(15(21(33,34)35)18(26)17(13)25)7-1-3-9(4-2-7)19(27,28)29/h1-6H. The summed E-state index contributed by atoms with van der Waals surface area (Å²) in [5.74, 6) is 0. The minimum absolute atomic E-state index is 0.313. The molecule has 0 heterocycles. The van der Waals surface area contributed by atoms with Gasteiger partial charge in [0.05, 0.1) is 41.8 Å². The van der Waals surface area contributed by atoms with E-state index in [2.05, 4.69) is 0 Å². The predicted octanol–water partition coefficient (Wildman–Crippen LogP) is 11.3. The molecule has 0 aromatic heterocycles. The van der Waals surface area contributed by atoms with E-state index in [0.717, 1.165) is 24.3 Å². The van der Waals surface area contributed by atoms with Gasteiger partial charge in [0.1, 0.15) is 0 Å². The largest absolute Gasteiger partial charge is 0.419 e. The van der Waals surface area contributed by atoms with Crippen LogP contribution in [0, 0.1) is 0 Å². The minimum Gasteiger partial charge on any atom is -0.166 e. The van der Waals surface area contributed by atoms with Gasteiger partial charge >= 0.3 is 18.5 Å². The van der Waals surface area contributed by atoms with Crippen molar-refractivity contribution in [3.63, 3.8) is 0 Å². The van der Waals surface area contributed by atoms with Crippen LogP contribution < -0.4 is 0 Å². The van der Waals surface area contributed by atoms with Gasteiger partial charge in [0, 0.05) is 11.1 Å². The fraction of sp³-hybridized carbons (Fsp3) is 0.143. The van der Waals surface area contributed by atoms with E-state index in [1.54, 1.807) is 0 Å². The molecule has 0 amide bonds. The fourth-order valence-corrected chi connectivity index (χ4v) is 5.02. The molecule has 0 atom stereocenters. The zero-order valence-corrected chi connectivity index (χ0v) is 20.0. The van der Waals surface area contributed by atoms with Gasteiger partial charge in [-0.3, -0.25) is 0 Å². The Hall–Kier alpha value is -1.52. The zero-order valence-electron chi connectivity index (χ0n) is 16.3. The van der Waals surface area contributed by atoms with Gasteiger partial charge in [0.25, 0.3) is 0 Å². The summed E-state index contributed by atoms with van der Waals surface area (Å²) in [5, 5.41) is -4.43. The normalized spacial score (nSPS) is 12.9. The Morgan fingerprint density at radius 2 is 0.914 bits per heavy atom. The molecule has 3 aromatic rings. The first-order valence-electron chi connectivity index (χ1n) is 8.87. The number of hydrogen-bond donors (Lipinski definition) is 0. The summed E-state index contributed by atoms with van der Waals surface area (Å²) in [6.45, 7) is 0. The third-order valence-corrected chi connectivity index (χ3v) is 6.55. The van der Waals surface area contributed by atoms with Crippen LogP contribution in [0.3, 0.4) is 0 Å². The molecular formula is C21H6Cl5F9. The van der Waals surface area contributed by atoms with Crippen molar-refractivity contribution >= 4 is 58.0 Å². The molecule has 0 aliphatic rings. The Kier molecular flexibility index (Phi) is 7.54. The van der Waals surface area contributed by atoms with Crippen molar-refractivity contribution in [3.05, 3.63) is 78.2 Å². The molecule has 0 unspecified atom stereocenters. The van der Waals surface area contributed by atoms with Gasteiger partial charge in [-0.15, -0.1) is 0 Å². The highest BCUT2D eigenvalue weighted by Gasteiger charge is 2.41. The molecule has 0 aliphatic carbocycles. The third kappa shape index (κ3) is 5.44. The second kappa shape index (κ2) is 9.41. The lowest BCUT2D eigenvalue weighted by molar-refractivity contribution is -0.138. The zero-order chi connectivity index (χ0) is 26.7. The lowest BCUT2D eigenvalue weighted by atomic mass is 9.92. The van der Waals surface area contributed by atoms with Gasteiger partial charge in [-0.05, 0) is 35.4 Å². The Labute approximate surface area is 216 Å². The van der Waals surface area contributed by atoms with Gasteiger partial charge in [-0.2, -0.15) is 39.5 Å². The van der Waals surface area contributed by atoms with E-state index in [4.69, 9.17) is 58.0 Å². The molecule has 0 fully saturated rings. The fourth-order valence-electron chi connectivity index (χ4n) is 3.27. The van der Waals surface area contributed by atoms with E-state index < -0.39 is 77.0 Å². The second-order valence-electron chi connectivity index (χ2n) is 6.95. The monoisotopic (exact) mass is 604 g/mol. The summed E-state index contributed by atoms with van der Waals surface area (Å²) < 4.78 is 120. The Morgan fingerprint density at radius 3 is 1.31 bits per heavy atom. The second-order valence-corrected chi connectivity index (χ2v) is 8.90. The Balaban J connectivity index is 2.40. The van der Waals surface area contributed by atoms with E-state index in [1.807, 2.05) is 0 Å². The topological polar surface area (TPSA) is 0 Å². The molecule has 14 heteroatoms. The summed E-state index contributed by atoms with van der Waals surface area (Å²) in [5.41, 5.74) is -6.14. The lowest BCUT2D eigenvalue weighted by Crippen LogP contribution is -2.11. The molecule has 0 nitrogen and oxygen atoms in total. The first kappa shape index (κ1) is 28.1. The lowest BCUT2D eigenvalue weighted by Gasteiger charge is -2.22. The maximum Gasteiger partial charge on any atom is 0.419 e. The number of alkyl halides is 9. The van der Waals surface area contributed by atoms with Crippen LogP contribution in [-0.4, -0.2) is 0 Å². The van der Waals surface area contributed by atoms with Crippen LogP contribution in [0.2, 0.25) is 25.1 Å². The smallest absolute Gasteiger partial charge is 0.166 e. The molecule has 0 N–H and O–H groups in total. The first-order chi connectivity index (χ1) is 15.9. The molecule has 0 saturated heterocycles. The van der Waals surface area contributed by atoms with Gasteiger partial charge in [-0.25, -0.2) is 0 Å². The highest BCUT2D eigenvalue weighted by molar-refractivity contribution is 6.48. The van der Waals surface area contributed by atoms with E-state index in [-0.39, 0.29) is 5.56 Å². The number of rotatable bonds is 2. The number of hydrogen-bond acceptors (Lipinski definition) is 0. The molecular weight excluding hydrogens is 600 g/mol. The molecule has 0 bridgehead atoms. The highest BCUT2D eigenvalue weighted by atomic mass is 35.5. The maximum atomic E-state index is 13.9. The summed E-state index contributed by atoms with van der Waals surface area (Å²) in [4.78, 5) is 0. The van der Waals surface area contributed by atoms with Crippen LogP contribution in [0.15, 0.2) is 36.4 Å². The van der Waals surface area contributed by atoms with Crippen molar-refractivity contribution in [1.82, 2.24) is 0 Å². The molecule has 188 valence electrons. The summed E-state index contributed by atoms with van der Waals surface area (Å²) >= 11 is 29.7. The Morgan fingerprint density at radius 1 is 0.457 bits per heavy atom. The van der Waals surface area contributed by atoms with Gasteiger partial charge in [0.2, 0.25) is 0 Å². The van der Waals surface area contributed by atoms with Crippen LogP contribution >= 0.6 is 58.0 Å². The van der Waals surface area contributed by atoms with E-state index >= 15 is 0 Å². The molecule has 0 aliphatic heterocycles. The molecule has 0 spiro atoms. The van der Waals surface area contributed by atoms with Crippen LogP contribution in [0.25, 0.3) is 22.3 Å². The van der Waals surface area contributed by atoms with Crippen molar-refractivity contribution < 1.29 is 39.5 Å². The quantitative estimate of drug-likeness (QED) is 0.201. The summed E-state index contributed by atoms with van der Waals surface area (Å²) in [6.07, 6.45) is -14.9. The Bertz CT molecular complexity index is 1270. The van der Waals surface area contributed by atoms with Crippen molar-refractivity contribution in [3.8, 4) is 22.3 Å².